The highest BCUT2D eigenvalue weighted by Gasteiger charge is 2.17. The molecule has 21 heavy (non-hydrogen) atoms. The lowest BCUT2D eigenvalue weighted by Gasteiger charge is -2.14. The molecule has 0 aliphatic heterocycles. The van der Waals surface area contributed by atoms with E-state index >= 15 is 0 Å². The van der Waals surface area contributed by atoms with Gasteiger partial charge in [0.2, 0.25) is 10.0 Å². The molecular weight excluding hydrogens is 312 g/mol. The Morgan fingerprint density at radius 1 is 1.10 bits per heavy atom. The molecule has 2 aromatic carbocycles. The van der Waals surface area contributed by atoms with Gasteiger partial charge in [-0.3, -0.25) is 0 Å². The molecule has 0 unspecified atom stereocenters. The van der Waals surface area contributed by atoms with E-state index in [4.69, 9.17) is 27.2 Å². The van der Waals surface area contributed by atoms with Crippen molar-refractivity contribution in [2.24, 2.45) is 5.14 Å². The second-order valence-corrected chi connectivity index (χ2v) is 6.67. The van der Waals surface area contributed by atoms with Gasteiger partial charge in [0.15, 0.2) is 0 Å². The molecule has 0 heterocycles. The number of hydrogen-bond acceptors (Lipinski definition) is 4. The van der Waals surface area contributed by atoms with Gasteiger partial charge in [-0.1, -0.05) is 17.7 Å². The van der Waals surface area contributed by atoms with Crippen LogP contribution in [0.25, 0.3) is 0 Å². The van der Waals surface area contributed by atoms with Crippen molar-refractivity contribution in [3.63, 3.8) is 0 Å². The fraction of sp³-hybridized carbons (Fsp3) is 0.143. The molecule has 0 aliphatic rings. The fourth-order valence-electron chi connectivity index (χ4n) is 1.89. The molecule has 112 valence electrons. The van der Waals surface area contributed by atoms with Gasteiger partial charge in [-0.15, -0.1) is 0 Å². The number of sulfonamides is 1. The molecule has 0 fully saturated rings. The first-order valence-corrected chi connectivity index (χ1v) is 7.98. The van der Waals surface area contributed by atoms with Crippen molar-refractivity contribution in [1.82, 2.24) is 0 Å². The third-order valence-corrected chi connectivity index (χ3v) is 4.28. The number of ether oxygens (including phenoxy) is 1. The van der Waals surface area contributed by atoms with Crippen molar-refractivity contribution >= 4 is 27.3 Å². The summed E-state index contributed by atoms with van der Waals surface area (Å²) >= 11 is 5.94. The maximum absolute atomic E-state index is 11.6. The molecule has 0 amide bonds. The Kier molecular flexibility index (Phi) is 4.13. The van der Waals surface area contributed by atoms with Gasteiger partial charge in [-0.2, -0.15) is 0 Å². The number of aryl methyl sites for hydroxylation is 1. The maximum atomic E-state index is 11.6. The van der Waals surface area contributed by atoms with Gasteiger partial charge in [0.1, 0.15) is 11.5 Å². The number of nitrogen functional groups attached to an aromatic ring is 1. The SMILES string of the molecule is Cc1ccc(Cl)cc1Oc1cc(N)cc(S(N)(=O)=O)c1C. The molecule has 0 radical (unpaired) electrons. The number of halogens is 1. The summed E-state index contributed by atoms with van der Waals surface area (Å²) in [6, 6.07) is 8.05. The number of nitrogens with two attached hydrogens (primary N) is 2. The van der Waals surface area contributed by atoms with Gasteiger partial charge in [0.05, 0.1) is 4.90 Å². The molecule has 5 nitrogen and oxygen atoms in total. The zero-order chi connectivity index (χ0) is 15.8. The lowest BCUT2D eigenvalue weighted by atomic mass is 10.2. The lowest BCUT2D eigenvalue weighted by Crippen LogP contribution is -2.14. The Balaban J connectivity index is 2.55. The fourth-order valence-corrected chi connectivity index (χ4v) is 2.88. The number of benzene rings is 2. The first-order chi connectivity index (χ1) is 9.68. The van der Waals surface area contributed by atoms with E-state index in [-0.39, 0.29) is 10.6 Å². The van der Waals surface area contributed by atoms with Gasteiger partial charge in [0, 0.05) is 22.3 Å². The third-order valence-electron chi connectivity index (χ3n) is 3.01. The van der Waals surface area contributed by atoms with Crippen LogP contribution in [0.1, 0.15) is 11.1 Å². The van der Waals surface area contributed by atoms with Crippen LogP contribution in [0.2, 0.25) is 5.02 Å². The van der Waals surface area contributed by atoms with Crippen molar-refractivity contribution in [1.29, 1.82) is 0 Å². The van der Waals surface area contributed by atoms with Gasteiger partial charge < -0.3 is 10.5 Å². The molecule has 2 aromatic rings. The molecule has 4 N–H and O–H groups in total. The number of rotatable bonds is 3. The van der Waals surface area contributed by atoms with E-state index in [0.29, 0.717) is 22.1 Å². The molecule has 0 spiro atoms. The molecular formula is C14H15ClN2O3S. The summed E-state index contributed by atoms with van der Waals surface area (Å²) in [5, 5.41) is 5.70. The summed E-state index contributed by atoms with van der Waals surface area (Å²) in [7, 11) is -3.88. The minimum atomic E-state index is -3.88. The third kappa shape index (κ3) is 3.47. The second kappa shape index (κ2) is 5.55. The van der Waals surface area contributed by atoms with E-state index in [2.05, 4.69) is 0 Å². The summed E-state index contributed by atoms with van der Waals surface area (Å²) < 4.78 is 28.9. The van der Waals surface area contributed by atoms with Crippen molar-refractivity contribution in [2.75, 3.05) is 5.73 Å². The first kappa shape index (κ1) is 15.6. The molecule has 7 heteroatoms. The van der Waals surface area contributed by atoms with Crippen LogP contribution in [0.3, 0.4) is 0 Å². The lowest BCUT2D eigenvalue weighted by molar-refractivity contribution is 0.473. The summed E-state index contributed by atoms with van der Waals surface area (Å²) in [6.45, 7) is 3.46. The van der Waals surface area contributed by atoms with E-state index < -0.39 is 10.0 Å². The topological polar surface area (TPSA) is 95.4 Å². The molecule has 0 bridgehead atoms. The van der Waals surface area contributed by atoms with E-state index in [0.717, 1.165) is 5.56 Å². The Labute approximate surface area is 128 Å². The van der Waals surface area contributed by atoms with Gasteiger partial charge >= 0.3 is 0 Å². The Hall–Kier alpha value is -1.76. The van der Waals surface area contributed by atoms with Crippen LogP contribution in [0.15, 0.2) is 35.2 Å². The van der Waals surface area contributed by atoms with Crippen LogP contribution in [-0.2, 0) is 10.0 Å². The maximum Gasteiger partial charge on any atom is 0.238 e. The standard InChI is InChI=1S/C14H15ClN2O3S/c1-8-3-4-10(15)5-12(8)20-13-6-11(16)7-14(9(13)2)21(17,18)19/h3-7H,16H2,1-2H3,(H2,17,18,19). The normalized spacial score (nSPS) is 11.4. The molecule has 0 saturated carbocycles. The van der Waals surface area contributed by atoms with Crippen LogP contribution in [0, 0.1) is 13.8 Å². The zero-order valence-corrected chi connectivity index (χ0v) is 13.1. The van der Waals surface area contributed by atoms with Crippen LogP contribution in [-0.4, -0.2) is 8.42 Å². The van der Waals surface area contributed by atoms with Gasteiger partial charge in [0.25, 0.3) is 0 Å². The number of anilines is 1. The molecule has 0 atom stereocenters. The predicted octanol–water partition coefficient (Wildman–Crippen LogP) is 2.98. The van der Waals surface area contributed by atoms with Crippen molar-refractivity contribution in [3.8, 4) is 11.5 Å². The highest BCUT2D eigenvalue weighted by molar-refractivity contribution is 7.89. The average Bonchev–Trinajstić information content (AvgIpc) is 2.36. The van der Waals surface area contributed by atoms with Gasteiger partial charge in [-0.05, 0) is 37.6 Å². The van der Waals surface area contributed by atoms with E-state index in [9.17, 15) is 8.42 Å². The summed E-state index contributed by atoms with van der Waals surface area (Å²) in [4.78, 5) is -0.0582. The number of primary sulfonamides is 1. The van der Waals surface area contributed by atoms with E-state index in [1.165, 1.54) is 6.07 Å². The predicted molar refractivity (Wildman–Crippen MR) is 83.2 cm³/mol. The van der Waals surface area contributed by atoms with Crippen molar-refractivity contribution in [2.45, 2.75) is 18.7 Å². The largest absolute Gasteiger partial charge is 0.457 e. The van der Waals surface area contributed by atoms with E-state index in [1.54, 1.807) is 31.2 Å². The van der Waals surface area contributed by atoms with Gasteiger partial charge in [-0.25, -0.2) is 13.6 Å². The first-order valence-electron chi connectivity index (χ1n) is 6.05. The molecule has 0 aliphatic carbocycles. The van der Waals surface area contributed by atoms with Crippen molar-refractivity contribution in [3.05, 3.63) is 46.5 Å². The Morgan fingerprint density at radius 3 is 2.38 bits per heavy atom. The molecule has 2 rings (SSSR count). The zero-order valence-electron chi connectivity index (χ0n) is 11.6. The molecule has 0 aromatic heterocycles. The average molecular weight is 327 g/mol. The van der Waals surface area contributed by atoms with E-state index in [1.807, 2.05) is 6.92 Å². The highest BCUT2D eigenvalue weighted by Crippen LogP contribution is 2.34. The quantitative estimate of drug-likeness (QED) is 0.847. The van der Waals surface area contributed by atoms with Crippen molar-refractivity contribution < 1.29 is 13.2 Å². The molecule has 0 saturated heterocycles. The van der Waals surface area contributed by atoms with Crippen LogP contribution >= 0.6 is 11.6 Å². The summed E-state index contributed by atoms with van der Waals surface area (Å²) in [6.07, 6.45) is 0. The minimum absolute atomic E-state index is 0.0582. The smallest absolute Gasteiger partial charge is 0.238 e. The van der Waals surface area contributed by atoms with Crippen LogP contribution in [0.5, 0.6) is 11.5 Å². The Morgan fingerprint density at radius 2 is 1.76 bits per heavy atom. The summed E-state index contributed by atoms with van der Waals surface area (Å²) in [5.74, 6) is 0.848. The highest BCUT2D eigenvalue weighted by atomic mass is 35.5. The minimum Gasteiger partial charge on any atom is -0.457 e. The number of hydrogen-bond donors (Lipinski definition) is 2. The van der Waals surface area contributed by atoms with Crippen LogP contribution in [0.4, 0.5) is 5.69 Å². The monoisotopic (exact) mass is 326 g/mol. The van der Waals surface area contributed by atoms with Crippen LogP contribution < -0.4 is 15.6 Å². The second-order valence-electron chi connectivity index (χ2n) is 4.70. The summed E-state index contributed by atoms with van der Waals surface area (Å²) in [5.41, 5.74) is 7.22. The Bertz CT molecular complexity index is 804.